The fraction of sp³-hybridized carbons (Fsp3) is 0.267. The summed E-state index contributed by atoms with van der Waals surface area (Å²) in [5, 5.41) is 0. The van der Waals surface area contributed by atoms with E-state index in [1.807, 2.05) is 12.1 Å². The number of ether oxygens (including phenoxy) is 1. The molecule has 0 fully saturated rings. The molecule has 1 nitrogen and oxygen atoms in total. The molecule has 84 valence electrons. The molecular formula is C15H17O-. The molecule has 1 heteroatoms. The maximum absolute atomic E-state index is 5.43. The number of hydrogen-bond donors (Lipinski definition) is 0. The van der Waals surface area contributed by atoms with Crippen molar-refractivity contribution in [2.45, 2.75) is 19.3 Å². The third-order valence-electron chi connectivity index (χ3n) is 3.01. The molecule has 0 aliphatic heterocycles. The van der Waals surface area contributed by atoms with Gasteiger partial charge in [-0.25, -0.2) is 12.1 Å². The minimum absolute atomic E-state index is 0.436. The van der Waals surface area contributed by atoms with Gasteiger partial charge in [0.25, 0.3) is 0 Å². The summed E-state index contributed by atoms with van der Waals surface area (Å²) >= 11 is 0. The van der Waals surface area contributed by atoms with Gasteiger partial charge in [-0.2, -0.15) is 17.7 Å². The lowest BCUT2D eigenvalue weighted by Crippen LogP contribution is -2.01. The van der Waals surface area contributed by atoms with Gasteiger partial charge in [-0.3, -0.25) is 0 Å². The molecule has 2 aromatic carbocycles. The molecule has 0 saturated carbocycles. The second-order valence-corrected chi connectivity index (χ2v) is 3.92. The van der Waals surface area contributed by atoms with Crippen LogP contribution < -0.4 is 4.74 Å². The van der Waals surface area contributed by atoms with Crippen molar-refractivity contribution in [3.05, 3.63) is 59.7 Å². The zero-order valence-electron chi connectivity index (χ0n) is 9.81. The zero-order chi connectivity index (χ0) is 11.4. The molecule has 0 bridgehead atoms. The van der Waals surface area contributed by atoms with Gasteiger partial charge in [-0.1, -0.05) is 25.1 Å². The number of benzene rings is 1. The Hall–Kier alpha value is -1.63. The quantitative estimate of drug-likeness (QED) is 0.699. The van der Waals surface area contributed by atoms with E-state index in [1.165, 1.54) is 11.1 Å². The third-order valence-corrected chi connectivity index (χ3v) is 3.01. The van der Waals surface area contributed by atoms with E-state index in [9.17, 15) is 0 Å². The summed E-state index contributed by atoms with van der Waals surface area (Å²) in [7, 11) is 1.73. The molecular weight excluding hydrogens is 196 g/mol. The van der Waals surface area contributed by atoms with Crippen molar-refractivity contribution in [3.63, 3.8) is 0 Å². The van der Waals surface area contributed by atoms with Crippen LogP contribution in [0, 0.1) is 0 Å². The lowest BCUT2D eigenvalue weighted by molar-refractivity contribution is 0.407. The monoisotopic (exact) mass is 213 g/mol. The maximum Gasteiger partial charge on any atom is 0.122 e. The molecule has 2 rings (SSSR count). The van der Waals surface area contributed by atoms with Crippen LogP contribution in [0.5, 0.6) is 5.75 Å². The molecule has 0 aliphatic rings. The van der Waals surface area contributed by atoms with Crippen LogP contribution in [0.2, 0.25) is 0 Å². The highest BCUT2D eigenvalue weighted by molar-refractivity contribution is 5.42. The van der Waals surface area contributed by atoms with E-state index < -0.39 is 0 Å². The van der Waals surface area contributed by atoms with Crippen LogP contribution in [0.25, 0.3) is 0 Å². The van der Waals surface area contributed by atoms with Gasteiger partial charge in [0.05, 0.1) is 7.11 Å². The van der Waals surface area contributed by atoms with Crippen molar-refractivity contribution in [2.24, 2.45) is 0 Å². The third kappa shape index (κ3) is 1.99. The normalized spacial score (nSPS) is 12.4. The molecule has 0 heterocycles. The summed E-state index contributed by atoms with van der Waals surface area (Å²) in [4.78, 5) is 0. The molecule has 0 spiro atoms. The van der Waals surface area contributed by atoms with Crippen LogP contribution in [0.3, 0.4) is 0 Å². The van der Waals surface area contributed by atoms with Gasteiger partial charge in [0.1, 0.15) is 5.75 Å². The Morgan fingerprint density at radius 3 is 2.62 bits per heavy atom. The lowest BCUT2D eigenvalue weighted by Gasteiger charge is -2.20. The number of methoxy groups -OCH3 is 1. The first-order chi connectivity index (χ1) is 7.86. The van der Waals surface area contributed by atoms with E-state index in [0.29, 0.717) is 5.92 Å². The zero-order valence-corrected chi connectivity index (χ0v) is 9.81. The second kappa shape index (κ2) is 4.93. The van der Waals surface area contributed by atoms with Gasteiger partial charge in [0.2, 0.25) is 0 Å². The van der Waals surface area contributed by atoms with E-state index >= 15 is 0 Å². The molecule has 0 N–H and O–H groups in total. The minimum atomic E-state index is 0.436. The summed E-state index contributed by atoms with van der Waals surface area (Å²) in [6, 6.07) is 16.8. The van der Waals surface area contributed by atoms with E-state index in [-0.39, 0.29) is 0 Å². The maximum atomic E-state index is 5.43. The molecule has 2 aromatic rings. The summed E-state index contributed by atoms with van der Waals surface area (Å²) in [6.07, 6.45) is 1.09. The Kier molecular flexibility index (Phi) is 3.35. The topological polar surface area (TPSA) is 9.23 Å². The first-order valence-corrected chi connectivity index (χ1v) is 5.71. The Labute approximate surface area is 97.1 Å². The van der Waals surface area contributed by atoms with Crippen molar-refractivity contribution in [1.29, 1.82) is 0 Å². The Morgan fingerprint density at radius 1 is 1.19 bits per heavy atom. The van der Waals surface area contributed by atoms with E-state index in [0.717, 1.165) is 12.2 Å². The van der Waals surface area contributed by atoms with Gasteiger partial charge >= 0.3 is 0 Å². The molecule has 0 saturated heterocycles. The van der Waals surface area contributed by atoms with Crippen LogP contribution in [-0.2, 0) is 0 Å². The van der Waals surface area contributed by atoms with Crippen LogP contribution in [0.4, 0.5) is 0 Å². The fourth-order valence-corrected chi connectivity index (χ4v) is 2.21. The van der Waals surface area contributed by atoms with Crippen molar-refractivity contribution in [3.8, 4) is 5.75 Å². The van der Waals surface area contributed by atoms with E-state index in [2.05, 4.69) is 43.3 Å². The predicted molar refractivity (Wildman–Crippen MR) is 67.2 cm³/mol. The van der Waals surface area contributed by atoms with E-state index in [1.54, 1.807) is 7.11 Å². The lowest BCUT2D eigenvalue weighted by atomic mass is 9.90. The summed E-state index contributed by atoms with van der Waals surface area (Å²) < 4.78 is 5.43. The second-order valence-electron chi connectivity index (χ2n) is 3.92. The molecule has 0 unspecified atom stereocenters. The van der Waals surface area contributed by atoms with Gasteiger partial charge in [0, 0.05) is 0 Å². The van der Waals surface area contributed by atoms with Gasteiger partial charge in [-0.05, 0) is 24.0 Å². The largest absolute Gasteiger partial charge is 0.496 e. The average molecular weight is 213 g/mol. The molecule has 0 aliphatic carbocycles. The standard InChI is InChI=1S/C15H17O/c1-3-13(12-8-4-5-9-12)14-10-6-7-11-15(14)16-2/h4-11,13H,3H2,1-2H3/q-1/t13-/m0/s1. The smallest absolute Gasteiger partial charge is 0.122 e. The number of para-hydroxylation sites is 1. The molecule has 1 atom stereocenters. The molecule has 0 radical (unpaired) electrons. The van der Waals surface area contributed by atoms with Crippen LogP contribution >= 0.6 is 0 Å². The van der Waals surface area contributed by atoms with Crippen molar-refractivity contribution >= 4 is 0 Å². The van der Waals surface area contributed by atoms with Crippen LogP contribution in [0.1, 0.15) is 30.4 Å². The first kappa shape index (κ1) is 10.9. The predicted octanol–water partition coefficient (Wildman–Crippen LogP) is 3.96. The fourth-order valence-electron chi connectivity index (χ4n) is 2.21. The average Bonchev–Trinajstić information content (AvgIpc) is 2.84. The van der Waals surface area contributed by atoms with E-state index in [4.69, 9.17) is 4.74 Å². The Morgan fingerprint density at radius 2 is 2.00 bits per heavy atom. The molecule has 16 heavy (non-hydrogen) atoms. The summed E-state index contributed by atoms with van der Waals surface area (Å²) in [6.45, 7) is 2.21. The molecule has 0 aromatic heterocycles. The van der Waals surface area contributed by atoms with Crippen molar-refractivity contribution in [1.82, 2.24) is 0 Å². The van der Waals surface area contributed by atoms with Crippen LogP contribution in [0.15, 0.2) is 48.5 Å². The van der Waals surface area contributed by atoms with Crippen LogP contribution in [-0.4, -0.2) is 7.11 Å². The van der Waals surface area contributed by atoms with Crippen molar-refractivity contribution < 1.29 is 4.74 Å². The number of rotatable bonds is 4. The van der Waals surface area contributed by atoms with Gasteiger partial charge in [-0.15, -0.1) is 0 Å². The number of hydrogen-bond acceptors (Lipinski definition) is 1. The highest BCUT2D eigenvalue weighted by Gasteiger charge is 2.12. The Balaban J connectivity index is 2.41. The minimum Gasteiger partial charge on any atom is -0.496 e. The van der Waals surface area contributed by atoms with Gasteiger partial charge < -0.3 is 4.74 Å². The first-order valence-electron chi connectivity index (χ1n) is 5.71. The summed E-state index contributed by atoms with van der Waals surface area (Å²) in [5.41, 5.74) is 2.64. The van der Waals surface area contributed by atoms with Gasteiger partial charge in [0.15, 0.2) is 0 Å². The SMILES string of the molecule is CC[C@@H](c1ccc[cH-]1)c1ccccc1OC. The van der Waals surface area contributed by atoms with Crippen molar-refractivity contribution in [2.75, 3.05) is 7.11 Å². The Bertz CT molecular complexity index is 428. The highest BCUT2D eigenvalue weighted by atomic mass is 16.5. The summed E-state index contributed by atoms with van der Waals surface area (Å²) in [5.74, 6) is 1.42. The highest BCUT2D eigenvalue weighted by Crippen LogP contribution is 2.34. The molecule has 0 amide bonds.